The Labute approximate surface area is 141 Å². The van der Waals surface area contributed by atoms with E-state index >= 15 is 0 Å². The number of hydrogen-bond donors (Lipinski definition) is 1. The second-order valence-corrected chi connectivity index (χ2v) is 5.78. The fourth-order valence-corrected chi connectivity index (χ4v) is 2.76. The summed E-state index contributed by atoms with van der Waals surface area (Å²) in [6.45, 7) is 2.45. The number of anilines is 1. The number of pyridine rings is 1. The second kappa shape index (κ2) is 8.24. The summed E-state index contributed by atoms with van der Waals surface area (Å²) in [5, 5.41) is 2.94. The van der Waals surface area contributed by atoms with E-state index in [9.17, 15) is 4.79 Å². The fourth-order valence-electron chi connectivity index (χ4n) is 2.76. The summed E-state index contributed by atoms with van der Waals surface area (Å²) < 4.78 is 5.39. The van der Waals surface area contributed by atoms with Crippen molar-refractivity contribution in [3.8, 4) is 5.75 Å². The van der Waals surface area contributed by atoms with Gasteiger partial charge < -0.3 is 15.0 Å². The molecule has 0 bridgehead atoms. The van der Waals surface area contributed by atoms with Crippen molar-refractivity contribution in [3.63, 3.8) is 0 Å². The highest BCUT2D eigenvalue weighted by molar-refractivity contribution is 5.77. The molecule has 1 aliphatic rings. The lowest BCUT2D eigenvalue weighted by Gasteiger charge is -2.32. The van der Waals surface area contributed by atoms with E-state index in [1.807, 2.05) is 6.07 Å². The van der Waals surface area contributed by atoms with Gasteiger partial charge >= 0.3 is 0 Å². The van der Waals surface area contributed by atoms with Crippen molar-refractivity contribution in [1.29, 1.82) is 0 Å². The highest BCUT2D eigenvalue weighted by Gasteiger charge is 2.22. The average molecular weight is 327 g/mol. The number of rotatable bonds is 6. The first kappa shape index (κ1) is 16.2. The first-order valence-electron chi connectivity index (χ1n) is 8.13. The van der Waals surface area contributed by atoms with Gasteiger partial charge in [-0.25, -0.2) is 9.97 Å². The molecular formula is C17H21N5O2. The summed E-state index contributed by atoms with van der Waals surface area (Å²) >= 11 is 0. The second-order valence-electron chi connectivity index (χ2n) is 5.78. The molecule has 1 N–H and O–H groups in total. The predicted octanol–water partition coefficient (Wildman–Crippen LogP) is 1.28. The van der Waals surface area contributed by atoms with Gasteiger partial charge in [-0.2, -0.15) is 0 Å². The molecule has 1 aliphatic heterocycles. The lowest BCUT2D eigenvalue weighted by atomic mass is 9.98. The molecule has 3 heterocycles. The van der Waals surface area contributed by atoms with Crippen LogP contribution >= 0.6 is 0 Å². The molecule has 0 spiro atoms. The number of piperidine rings is 1. The molecule has 0 radical (unpaired) electrons. The Hall–Kier alpha value is -2.70. The minimum absolute atomic E-state index is 0.00389. The zero-order valence-electron chi connectivity index (χ0n) is 13.5. The number of nitrogens with one attached hydrogen (secondary N) is 1. The third kappa shape index (κ3) is 4.65. The third-order valence-electron chi connectivity index (χ3n) is 3.95. The van der Waals surface area contributed by atoms with E-state index < -0.39 is 0 Å². The van der Waals surface area contributed by atoms with Crippen molar-refractivity contribution < 1.29 is 9.53 Å². The molecule has 1 amide bonds. The van der Waals surface area contributed by atoms with Gasteiger partial charge in [0.05, 0.1) is 6.20 Å². The van der Waals surface area contributed by atoms with Crippen molar-refractivity contribution in [2.24, 2.45) is 5.92 Å². The van der Waals surface area contributed by atoms with Gasteiger partial charge in [-0.05, 0) is 37.0 Å². The van der Waals surface area contributed by atoms with E-state index in [-0.39, 0.29) is 12.5 Å². The molecular weight excluding hydrogens is 306 g/mol. The maximum Gasteiger partial charge on any atom is 0.257 e. The lowest BCUT2D eigenvalue weighted by molar-refractivity contribution is -0.123. The zero-order valence-corrected chi connectivity index (χ0v) is 13.5. The van der Waals surface area contributed by atoms with Crippen LogP contribution in [-0.4, -0.2) is 47.1 Å². The molecule has 2 aromatic heterocycles. The Kier molecular flexibility index (Phi) is 5.55. The number of carbonyl (C=O) groups is 1. The number of ether oxygens (including phenoxy) is 1. The van der Waals surface area contributed by atoms with Gasteiger partial charge in [0, 0.05) is 38.2 Å². The first-order chi connectivity index (χ1) is 11.8. The van der Waals surface area contributed by atoms with Crippen molar-refractivity contribution in [2.75, 3.05) is 31.1 Å². The van der Waals surface area contributed by atoms with Crippen LogP contribution in [0.5, 0.6) is 5.75 Å². The van der Waals surface area contributed by atoms with Crippen molar-refractivity contribution >= 4 is 11.9 Å². The minimum atomic E-state index is -0.119. The van der Waals surface area contributed by atoms with Crippen LogP contribution in [0.2, 0.25) is 0 Å². The van der Waals surface area contributed by atoms with Crippen LogP contribution in [-0.2, 0) is 4.79 Å². The van der Waals surface area contributed by atoms with E-state index in [0.717, 1.165) is 31.9 Å². The number of nitrogens with zero attached hydrogens (tertiary/aromatic N) is 4. The Bertz CT molecular complexity index is 638. The molecule has 1 atom stereocenters. The molecule has 1 unspecified atom stereocenters. The summed E-state index contributed by atoms with van der Waals surface area (Å²) in [6.07, 6.45) is 8.93. The monoisotopic (exact) mass is 327 g/mol. The van der Waals surface area contributed by atoms with Gasteiger partial charge in [-0.15, -0.1) is 0 Å². The van der Waals surface area contributed by atoms with E-state index in [0.29, 0.717) is 18.2 Å². The van der Waals surface area contributed by atoms with Gasteiger partial charge in [0.15, 0.2) is 6.61 Å². The summed E-state index contributed by atoms with van der Waals surface area (Å²) in [5.74, 6) is 1.63. The standard InChI is InChI=1S/C17H21N5O2/c23-16(13-24-15-5-1-6-18-11-15)21-10-14-4-2-9-22(12-14)17-19-7-3-8-20-17/h1,3,5-8,11,14H,2,4,9-10,12-13H2,(H,21,23). The van der Waals surface area contributed by atoms with Crippen molar-refractivity contribution in [1.82, 2.24) is 20.3 Å². The van der Waals surface area contributed by atoms with Gasteiger partial charge in [0.2, 0.25) is 5.95 Å². The Morgan fingerprint density at radius 2 is 2.17 bits per heavy atom. The number of amides is 1. The largest absolute Gasteiger partial charge is 0.482 e. The Balaban J connectivity index is 1.42. The van der Waals surface area contributed by atoms with Crippen LogP contribution in [0.4, 0.5) is 5.95 Å². The smallest absolute Gasteiger partial charge is 0.257 e. The van der Waals surface area contributed by atoms with E-state index in [2.05, 4.69) is 25.2 Å². The maximum absolute atomic E-state index is 11.9. The van der Waals surface area contributed by atoms with E-state index in [4.69, 9.17) is 4.74 Å². The van der Waals surface area contributed by atoms with Crippen molar-refractivity contribution in [2.45, 2.75) is 12.8 Å². The average Bonchev–Trinajstić information content (AvgIpc) is 2.66. The predicted molar refractivity (Wildman–Crippen MR) is 89.7 cm³/mol. The molecule has 2 aromatic rings. The van der Waals surface area contributed by atoms with Crippen LogP contribution in [0.1, 0.15) is 12.8 Å². The van der Waals surface area contributed by atoms with Gasteiger partial charge in [-0.3, -0.25) is 9.78 Å². The van der Waals surface area contributed by atoms with E-state index in [1.54, 1.807) is 36.9 Å². The van der Waals surface area contributed by atoms with Gasteiger partial charge in [0.25, 0.3) is 5.91 Å². The maximum atomic E-state index is 11.9. The first-order valence-corrected chi connectivity index (χ1v) is 8.13. The molecule has 0 aromatic carbocycles. The highest BCUT2D eigenvalue weighted by atomic mass is 16.5. The summed E-state index contributed by atoms with van der Waals surface area (Å²) in [5.41, 5.74) is 0. The van der Waals surface area contributed by atoms with Gasteiger partial charge in [-0.1, -0.05) is 0 Å². The molecule has 24 heavy (non-hydrogen) atoms. The highest BCUT2D eigenvalue weighted by Crippen LogP contribution is 2.19. The fraction of sp³-hybridized carbons (Fsp3) is 0.412. The number of carbonyl (C=O) groups excluding carboxylic acids is 1. The summed E-state index contributed by atoms with van der Waals surface area (Å²) in [6, 6.07) is 5.36. The van der Waals surface area contributed by atoms with Crippen LogP contribution in [0.3, 0.4) is 0 Å². The normalized spacial score (nSPS) is 17.3. The zero-order chi connectivity index (χ0) is 16.6. The molecule has 7 nitrogen and oxygen atoms in total. The minimum Gasteiger partial charge on any atom is -0.482 e. The molecule has 3 rings (SSSR count). The molecule has 0 saturated carbocycles. The Morgan fingerprint density at radius 1 is 1.29 bits per heavy atom. The summed E-state index contributed by atoms with van der Waals surface area (Å²) in [4.78, 5) is 26.6. The molecule has 126 valence electrons. The third-order valence-corrected chi connectivity index (χ3v) is 3.95. The van der Waals surface area contributed by atoms with Gasteiger partial charge in [0.1, 0.15) is 5.75 Å². The number of aromatic nitrogens is 3. The quantitative estimate of drug-likeness (QED) is 0.861. The Morgan fingerprint density at radius 3 is 2.96 bits per heavy atom. The summed E-state index contributed by atoms with van der Waals surface area (Å²) in [7, 11) is 0. The molecule has 7 heteroatoms. The number of hydrogen-bond acceptors (Lipinski definition) is 6. The molecule has 1 saturated heterocycles. The lowest BCUT2D eigenvalue weighted by Crippen LogP contribution is -2.42. The topological polar surface area (TPSA) is 80.2 Å². The SMILES string of the molecule is O=C(COc1cccnc1)NCC1CCCN(c2ncccn2)C1. The van der Waals surface area contributed by atoms with Crippen LogP contribution in [0.15, 0.2) is 43.0 Å². The van der Waals surface area contributed by atoms with Crippen molar-refractivity contribution in [3.05, 3.63) is 43.0 Å². The van der Waals surface area contributed by atoms with E-state index in [1.165, 1.54) is 0 Å². The van der Waals surface area contributed by atoms with Crippen LogP contribution in [0, 0.1) is 5.92 Å². The molecule has 0 aliphatic carbocycles. The van der Waals surface area contributed by atoms with Crippen LogP contribution in [0.25, 0.3) is 0 Å². The van der Waals surface area contributed by atoms with Crippen LogP contribution < -0.4 is 15.0 Å². The molecule has 1 fully saturated rings.